The molecular weight excluding hydrogens is 402 g/mol. The van der Waals surface area contributed by atoms with E-state index in [-0.39, 0.29) is 18.0 Å². The maximum Gasteiger partial charge on any atom is 0.267 e. The fourth-order valence-electron chi connectivity index (χ4n) is 2.77. The summed E-state index contributed by atoms with van der Waals surface area (Å²) in [6.45, 7) is -0.224. The molecule has 30 heavy (non-hydrogen) atoms. The number of benzene rings is 1. The van der Waals surface area contributed by atoms with Crippen LogP contribution in [-0.4, -0.2) is 32.8 Å². The quantitative estimate of drug-likeness (QED) is 0.516. The lowest BCUT2D eigenvalue weighted by molar-refractivity contribution is -0.117. The van der Waals surface area contributed by atoms with Gasteiger partial charge in [0.05, 0.1) is 18.5 Å². The molecule has 0 bridgehead atoms. The van der Waals surface area contributed by atoms with Gasteiger partial charge in [0.25, 0.3) is 5.56 Å². The minimum atomic E-state index is -0.389. The fourth-order valence-corrected chi connectivity index (χ4v) is 3.51. The lowest BCUT2D eigenvalue weighted by atomic mass is 10.1. The van der Waals surface area contributed by atoms with Crippen LogP contribution in [0.1, 0.15) is 0 Å². The minimum Gasteiger partial charge on any atom is -0.497 e. The highest BCUT2D eigenvalue weighted by atomic mass is 32.1. The van der Waals surface area contributed by atoms with E-state index in [9.17, 15) is 9.59 Å². The molecule has 0 aliphatic rings. The van der Waals surface area contributed by atoms with Gasteiger partial charge in [-0.1, -0.05) is 12.1 Å². The maximum absolute atomic E-state index is 12.5. The third kappa shape index (κ3) is 4.41. The summed E-state index contributed by atoms with van der Waals surface area (Å²) >= 11 is 1.30. The maximum atomic E-state index is 12.5. The summed E-state index contributed by atoms with van der Waals surface area (Å²) in [5.41, 5.74) is 2.56. The number of amides is 1. The highest BCUT2D eigenvalue weighted by molar-refractivity contribution is 7.14. The molecule has 8 nitrogen and oxygen atoms in total. The van der Waals surface area contributed by atoms with E-state index in [0.717, 1.165) is 21.5 Å². The monoisotopic (exact) mass is 419 g/mol. The first-order chi connectivity index (χ1) is 14.6. The second-order valence-corrected chi connectivity index (χ2v) is 7.13. The molecule has 1 N–H and O–H groups in total. The number of carbonyl (C=O) groups is 1. The van der Waals surface area contributed by atoms with Crippen LogP contribution >= 0.6 is 11.3 Å². The molecule has 1 aromatic carbocycles. The Bertz CT molecular complexity index is 1240. The molecule has 3 aromatic heterocycles. The number of nitrogens with zero attached hydrogens (tertiary/aromatic N) is 4. The van der Waals surface area contributed by atoms with E-state index in [1.807, 2.05) is 41.8 Å². The summed E-state index contributed by atoms with van der Waals surface area (Å²) in [7, 11) is 1.58. The van der Waals surface area contributed by atoms with Gasteiger partial charge >= 0.3 is 0 Å². The molecule has 0 unspecified atom stereocenters. The summed E-state index contributed by atoms with van der Waals surface area (Å²) in [5, 5.41) is 9.30. The van der Waals surface area contributed by atoms with Crippen LogP contribution in [0.15, 0.2) is 71.1 Å². The van der Waals surface area contributed by atoms with Gasteiger partial charge in [-0.05, 0) is 30.3 Å². The summed E-state index contributed by atoms with van der Waals surface area (Å²) < 4.78 is 6.35. The van der Waals surface area contributed by atoms with Crippen molar-refractivity contribution in [2.75, 3.05) is 12.4 Å². The van der Waals surface area contributed by atoms with Crippen molar-refractivity contribution >= 4 is 22.4 Å². The predicted octanol–water partition coefficient (Wildman–Crippen LogP) is 3.08. The number of hydrogen-bond acceptors (Lipinski definition) is 7. The van der Waals surface area contributed by atoms with Crippen molar-refractivity contribution in [3.63, 3.8) is 0 Å². The number of nitrogens with one attached hydrogen (secondary N) is 1. The molecule has 9 heteroatoms. The molecule has 0 spiro atoms. The first-order valence-corrected chi connectivity index (χ1v) is 9.89. The number of methoxy groups -OCH3 is 1. The van der Waals surface area contributed by atoms with E-state index < -0.39 is 0 Å². The molecule has 0 aliphatic carbocycles. The van der Waals surface area contributed by atoms with Gasteiger partial charge < -0.3 is 10.1 Å². The summed E-state index contributed by atoms with van der Waals surface area (Å²) in [6, 6.07) is 14.0. The minimum absolute atomic E-state index is 0.224. The average molecular weight is 419 g/mol. The van der Waals surface area contributed by atoms with Crippen LogP contribution in [0.2, 0.25) is 0 Å². The van der Waals surface area contributed by atoms with Crippen molar-refractivity contribution < 1.29 is 9.53 Å². The Morgan fingerprint density at radius 2 is 2.00 bits per heavy atom. The zero-order valence-corrected chi connectivity index (χ0v) is 16.8. The number of aromatic nitrogens is 4. The number of ether oxygens (including phenoxy) is 1. The first kappa shape index (κ1) is 19.5. The fraction of sp³-hybridized carbons (Fsp3) is 0.0952. The molecule has 150 valence electrons. The van der Waals surface area contributed by atoms with E-state index >= 15 is 0 Å². The summed E-state index contributed by atoms with van der Waals surface area (Å²) in [6.07, 6.45) is 3.39. The van der Waals surface area contributed by atoms with Crippen LogP contribution in [0.4, 0.5) is 5.13 Å². The highest BCUT2D eigenvalue weighted by Gasteiger charge is 2.11. The number of hydrogen-bond donors (Lipinski definition) is 1. The normalized spacial score (nSPS) is 10.6. The van der Waals surface area contributed by atoms with Gasteiger partial charge in [-0.25, -0.2) is 9.67 Å². The number of rotatable bonds is 6. The Morgan fingerprint density at radius 1 is 1.13 bits per heavy atom. The number of thiazole rings is 1. The SMILES string of the molecule is COc1cccc(-c2ccc(=O)n(CC(=O)Nc3nc(-c4cccnc4)cs3)n2)c1. The van der Waals surface area contributed by atoms with Crippen LogP contribution in [0.25, 0.3) is 22.5 Å². The zero-order valence-electron chi connectivity index (χ0n) is 16.0. The Morgan fingerprint density at radius 3 is 2.80 bits per heavy atom. The third-order valence-corrected chi connectivity index (χ3v) is 4.99. The highest BCUT2D eigenvalue weighted by Crippen LogP contribution is 2.24. The standard InChI is InChI=1S/C21H17N5O3S/c1-29-16-6-2-4-14(10-16)17-7-8-20(28)26(25-17)12-19(27)24-21-23-18(13-30-21)15-5-3-9-22-11-15/h2-11,13H,12H2,1H3,(H,23,24,27). The second-order valence-electron chi connectivity index (χ2n) is 6.27. The number of pyridine rings is 1. The van der Waals surface area contributed by atoms with Crippen LogP contribution in [0.5, 0.6) is 5.75 Å². The van der Waals surface area contributed by atoms with E-state index in [1.54, 1.807) is 25.6 Å². The van der Waals surface area contributed by atoms with Crippen molar-refractivity contribution in [1.29, 1.82) is 0 Å². The predicted molar refractivity (Wildman–Crippen MR) is 114 cm³/mol. The third-order valence-electron chi connectivity index (χ3n) is 4.23. The van der Waals surface area contributed by atoms with E-state index in [0.29, 0.717) is 16.6 Å². The molecule has 0 radical (unpaired) electrons. The Kier molecular flexibility index (Phi) is 5.62. The van der Waals surface area contributed by atoms with Gasteiger partial charge in [-0.3, -0.25) is 14.6 Å². The Balaban J connectivity index is 1.49. The lowest BCUT2D eigenvalue weighted by Crippen LogP contribution is -2.29. The van der Waals surface area contributed by atoms with Crippen LogP contribution in [0, 0.1) is 0 Å². The van der Waals surface area contributed by atoms with E-state index in [2.05, 4.69) is 20.4 Å². The van der Waals surface area contributed by atoms with Crippen molar-refractivity contribution in [2.24, 2.45) is 0 Å². The van der Waals surface area contributed by atoms with Crippen molar-refractivity contribution in [3.05, 3.63) is 76.7 Å². The van der Waals surface area contributed by atoms with Gasteiger partial charge in [-0.2, -0.15) is 5.10 Å². The average Bonchev–Trinajstić information content (AvgIpc) is 3.24. The molecule has 3 heterocycles. The van der Waals surface area contributed by atoms with Crippen LogP contribution in [0.3, 0.4) is 0 Å². The summed E-state index contributed by atoms with van der Waals surface area (Å²) in [5.74, 6) is 0.289. The Labute approximate surface area is 175 Å². The zero-order chi connectivity index (χ0) is 20.9. The molecule has 0 atom stereocenters. The van der Waals surface area contributed by atoms with Gasteiger partial charge in [0.2, 0.25) is 5.91 Å². The molecule has 0 saturated heterocycles. The van der Waals surface area contributed by atoms with E-state index in [1.165, 1.54) is 17.4 Å². The lowest BCUT2D eigenvalue weighted by Gasteiger charge is -2.08. The van der Waals surface area contributed by atoms with E-state index in [4.69, 9.17) is 4.74 Å². The largest absolute Gasteiger partial charge is 0.497 e. The van der Waals surface area contributed by atoms with Gasteiger partial charge in [0, 0.05) is 35.0 Å². The smallest absolute Gasteiger partial charge is 0.267 e. The topological polar surface area (TPSA) is 99.0 Å². The number of carbonyl (C=O) groups excluding carboxylic acids is 1. The van der Waals surface area contributed by atoms with Gasteiger partial charge in [-0.15, -0.1) is 11.3 Å². The van der Waals surface area contributed by atoms with Gasteiger partial charge in [0.15, 0.2) is 5.13 Å². The molecule has 0 fully saturated rings. The molecule has 4 aromatic rings. The molecule has 0 saturated carbocycles. The van der Waals surface area contributed by atoms with Crippen LogP contribution < -0.4 is 15.6 Å². The number of anilines is 1. The summed E-state index contributed by atoms with van der Waals surface area (Å²) in [4.78, 5) is 33.1. The van der Waals surface area contributed by atoms with Crippen LogP contribution in [-0.2, 0) is 11.3 Å². The van der Waals surface area contributed by atoms with Crippen molar-refractivity contribution in [1.82, 2.24) is 19.7 Å². The first-order valence-electron chi connectivity index (χ1n) is 9.01. The van der Waals surface area contributed by atoms with Gasteiger partial charge in [0.1, 0.15) is 12.3 Å². The molecule has 0 aliphatic heterocycles. The Hall–Kier alpha value is -3.85. The van der Waals surface area contributed by atoms with Crippen molar-refractivity contribution in [2.45, 2.75) is 6.54 Å². The molecule has 4 rings (SSSR count). The molecule has 1 amide bonds. The van der Waals surface area contributed by atoms with Crippen molar-refractivity contribution in [3.8, 4) is 28.3 Å². The molecular formula is C21H17N5O3S. The second kappa shape index (κ2) is 8.66.